The van der Waals surface area contributed by atoms with Crippen molar-refractivity contribution in [2.45, 2.75) is 25.2 Å². The Morgan fingerprint density at radius 3 is 2.19 bits per heavy atom. The molecule has 2 aliphatic rings. The van der Waals surface area contributed by atoms with Crippen molar-refractivity contribution in [3.63, 3.8) is 0 Å². The summed E-state index contributed by atoms with van der Waals surface area (Å²) in [5.74, 6) is -2.84. The van der Waals surface area contributed by atoms with Gasteiger partial charge < -0.3 is 29.0 Å². The lowest BCUT2D eigenvalue weighted by molar-refractivity contribution is -0.149. The minimum atomic E-state index is -1.06. The first-order valence-electron chi connectivity index (χ1n) is 11.6. The number of ketones is 1. The van der Waals surface area contributed by atoms with Crippen molar-refractivity contribution in [3.05, 3.63) is 62.6 Å². The van der Waals surface area contributed by atoms with E-state index in [4.69, 9.17) is 23.7 Å². The number of esters is 2. The van der Waals surface area contributed by atoms with Gasteiger partial charge in [0.15, 0.2) is 17.3 Å². The number of dihydropyridines is 1. The summed E-state index contributed by atoms with van der Waals surface area (Å²) < 4.78 is 26.7. The van der Waals surface area contributed by atoms with Crippen molar-refractivity contribution in [3.8, 4) is 17.2 Å². The Hall–Kier alpha value is -3.79. The zero-order valence-electron chi connectivity index (χ0n) is 21.5. The zero-order chi connectivity index (χ0) is 26.9. The Morgan fingerprint density at radius 2 is 1.68 bits per heavy atom. The molecule has 3 atom stereocenters. The monoisotopic (exact) mass is 527 g/mol. The molecule has 4 rings (SSSR count). The van der Waals surface area contributed by atoms with Gasteiger partial charge in [-0.2, -0.15) is 0 Å². The molecule has 1 aliphatic carbocycles. The number of allylic oxidation sites excluding steroid dienone is 3. The summed E-state index contributed by atoms with van der Waals surface area (Å²) in [4.78, 5) is 41.1. The number of nitrogens with one attached hydrogen (secondary N) is 1. The summed E-state index contributed by atoms with van der Waals surface area (Å²) in [6, 6.07) is 7.19. The molecule has 1 aliphatic heterocycles. The quantitative estimate of drug-likeness (QED) is 0.426. The highest BCUT2D eigenvalue weighted by Gasteiger charge is 2.49. The first kappa shape index (κ1) is 26.3. The Bertz CT molecular complexity index is 1270. The molecule has 0 fully saturated rings. The Labute approximate surface area is 219 Å². The minimum Gasteiger partial charge on any atom is -0.493 e. The number of hydrogen-bond acceptors (Lipinski definition) is 10. The number of methoxy groups -OCH3 is 5. The van der Waals surface area contributed by atoms with Crippen molar-refractivity contribution in [1.82, 2.24) is 5.32 Å². The fraction of sp³-hybridized carbons (Fsp3) is 0.370. The van der Waals surface area contributed by atoms with Crippen molar-refractivity contribution in [2.75, 3.05) is 35.5 Å². The minimum absolute atomic E-state index is 0.252. The summed E-state index contributed by atoms with van der Waals surface area (Å²) in [6.45, 7) is 1.76. The van der Waals surface area contributed by atoms with E-state index in [0.717, 1.165) is 4.88 Å². The van der Waals surface area contributed by atoms with Crippen molar-refractivity contribution in [1.29, 1.82) is 0 Å². The van der Waals surface area contributed by atoms with Crippen molar-refractivity contribution < 1.29 is 38.1 Å². The number of hydrogen-bond donors (Lipinski definition) is 1. The zero-order valence-corrected chi connectivity index (χ0v) is 22.3. The number of ether oxygens (including phenoxy) is 5. The molecule has 0 unspecified atom stereocenters. The topological polar surface area (TPSA) is 109 Å². The molecule has 0 saturated carbocycles. The van der Waals surface area contributed by atoms with Crippen LogP contribution in [-0.2, 0) is 23.9 Å². The largest absolute Gasteiger partial charge is 0.493 e. The van der Waals surface area contributed by atoms with E-state index >= 15 is 0 Å². The molecular formula is C27H29NO8S. The number of rotatable bonds is 7. The van der Waals surface area contributed by atoms with Crippen LogP contribution in [0.1, 0.15) is 35.6 Å². The van der Waals surface area contributed by atoms with Crippen LogP contribution in [0.2, 0.25) is 0 Å². The first-order valence-corrected chi connectivity index (χ1v) is 12.4. The highest BCUT2D eigenvalue weighted by Crippen LogP contribution is 2.51. The van der Waals surface area contributed by atoms with E-state index in [1.165, 1.54) is 46.9 Å². The molecule has 2 heterocycles. The summed E-state index contributed by atoms with van der Waals surface area (Å²) in [5, 5.41) is 5.17. The molecular weight excluding hydrogens is 498 g/mol. The second kappa shape index (κ2) is 10.7. The molecule has 0 spiro atoms. The Morgan fingerprint density at radius 1 is 1.00 bits per heavy atom. The SMILES string of the molecule is COC(=O)C1=C(C)NC2=C(C(=O)[C@@H](C(=O)OC)[C@H](c3cccs3)C2)[C@@H]1c1cc(OC)c(OC)c(OC)c1. The third kappa shape index (κ3) is 4.46. The number of carbonyl (C=O) groups excluding carboxylic acids is 3. The van der Waals surface area contributed by atoms with Gasteiger partial charge in [0.2, 0.25) is 5.75 Å². The van der Waals surface area contributed by atoms with Gasteiger partial charge in [-0.3, -0.25) is 9.59 Å². The van der Waals surface area contributed by atoms with Crippen LogP contribution in [0.4, 0.5) is 0 Å². The van der Waals surface area contributed by atoms with Gasteiger partial charge >= 0.3 is 11.9 Å². The smallest absolute Gasteiger partial charge is 0.336 e. The first-order chi connectivity index (χ1) is 17.8. The van der Waals surface area contributed by atoms with Crippen LogP contribution in [0.25, 0.3) is 0 Å². The molecule has 9 nitrogen and oxygen atoms in total. The third-order valence-electron chi connectivity index (χ3n) is 6.81. The Kier molecular flexibility index (Phi) is 7.58. The van der Waals surface area contributed by atoms with Gasteiger partial charge in [-0.15, -0.1) is 11.3 Å². The van der Waals surface area contributed by atoms with Gasteiger partial charge in [-0.1, -0.05) is 6.07 Å². The van der Waals surface area contributed by atoms with E-state index in [1.807, 2.05) is 17.5 Å². The predicted octanol–water partition coefficient (Wildman–Crippen LogP) is 3.71. The summed E-state index contributed by atoms with van der Waals surface area (Å²) in [5.41, 5.74) is 2.31. The van der Waals surface area contributed by atoms with Crippen LogP contribution < -0.4 is 19.5 Å². The molecule has 196 valence electrons. The number of carbonyl (C=O) groups is 3. The molecule has 1 aromatic heterocycles. The normalized spacial score (nSPS) is 21.1. The van der Waals surface area contributed by atoms with Gasteiger partial charge in [0.25, 0.3) is 0 Å². The van der Waals surface area contributed by atoms with E-state index in [2.05, 4.69) is 5.32 Å². The second-order valence-corrected chi connectivity index (χ2v) is 9.61. The molecule has 0 saturated heterocycles. The fourth-order valence-electron chi connectivity index (χ4n) is 5.18. The van der Waals surface area contributed by atoms with Gasteiger partial charge in [0, 0.05) is 33.7 Å². The maximum Gasteiger partial charge on any atom is 0.336 e. The molecule has 0 bridgehead atoms. The predicted molar refractivity (Wildman–Crippen MR) is 136 cm³/mol. The molecule has 1 aromatic carbocycles. The average Bonchev–Trinajstić information content (AvgIpc) is 3.45. The summed E-state index contributed by atoms with van der Waals surface area (Å²) >= 11 is 1.48. The highest BCUT2D eigenvalue weighted by molar-refractivity contribution is 7.10. The number of benzene rings is 1. The molecule has 0 radical (unpaired) electrons. The number of thiophene rings is 1. The van der Waals surface area contributed by atoms with Gasteiger partial charge in [-0.25, -0.2) is 4.79 Å². The van der Waals surface area contributed by atoms with Gasteiger partial charge in [-0.05, 0) is 42.5 Å². The van der Waals surface area contributed by atoms with Crippen molar-refractivity contribution in [2.24, 2.45) is 5.92 Å². The van der Waals surface area contributed by atoms with E-state index in [1.54, 1.807) is 19.1 Å². The third-order valence-corrected chi connectivity index (χ3v) is 7.81. The maximum atomic E-state index is 14.2. The van der Waals surface area contributed by atoms with Crippen LogP contribution in [0.5, 0.6) is 17.2 Å². The maximum absolute atomic E-state index is 14.2. The lowest BCUT2D eigenvalue weighted by Gasteiger charge is -2.39. The van der Waals surface area contributed by atoms with Crippen LogP contribution in [-0.4, -0.2) is 53.3 Å². The molecule has 0 amide bonds. The summed E-state index contributed by atoms with van der Waals surface area (Å²) in [7, 11) is 7.02. The lowest BCUT2D eigenvalue weighted by atomic mass is 9.68. The van der Waals surface area contributed by atoms with Crippen LogP contribution in [0.3, 0.4) is 0 Å². The van der Waals surface area contributed by atoms with Crippen LogP contribution >= 0.6 is 11.3 Å². The van der Waals surface area contributed by atoms with Crippen molar-refractivity contribution >= 4 is 29.1 Å². The fourth-order valence-corrected chi connectivity index (χ4v) is 6.05. The van der Waals surface area contributed by atoms with E-state index in [-0.39, 0.29) is 5.57 Å². The van der Waals surface area contributed by atoms with E-state index in [0.29, 0.717) is 46.2 Å². The lowest BCUT2D eigenvalue weighted by Crippen LogP contribution is -2.43. The van der Waals surface area contributed by atoms with E-state index < -0.39 is 35.5 Å². The Balaban J connectivity index is 1.97. The van der Waals surface area contributed by atoms with Crippen LogP contribution in [0, 0.1) is 5.92 Å². The van der Waals surface area contributed by atoms with Gasteiger partial charge in [0.05, 0.1) is 41.1 Å². The van der Waals surface area contributed by atoms with Gasteiger partial charge in [0.1, 0.15) is 5.92 Å². The van der Waals surface area contributed by atoms with Crippen LogP contribution in [0.15, 0.2) is 52.2 Å². The second-order valence-electron chi connectivity index (χ2n) is 8.63. The molecule has 2 aromatic rings. The standard InChI is InChI=1S/C27H29NO8S/c1-13-20(26(30)35-5)21(14-10-17(32-2)25(34-4)18(11-14)33-3)23-16(28-13)12-15(19-8-7-9-37-19)22(24(23)29)27(31)36-6/h7-11,15,21-22,28H,12H2,1-6H3/t15-,21+,22-/m0/s1. The average molecular weight is 528 g/mol. The molecule has 37 heavy (non-hydrogen) atoms. The van der Waals surface area contributed by atoms with E-state index in [9.17, 15) is 14.4 Å². The summed E-state index contributed by atoms with van der Waals surface area (Å²) in [6.07, 6.45) is 0.383. The molecule has 1 N–H and O–H groups in total. The number of Topliss-reactive ketones (excluding diaryl/α,β-unsaturated/α-hetero) is 1. The molecule has 10 heteroatoms. The highest BCUT2D eigenvalue weighted by atomic mass is 32.1.